The number of hydrogen-bond acceptors (Lipinski definition) is 6. The Bertz CT molecular complexity index is 999. The number of carbonyl (C=O) groups is 2. The molecule has 1 unspecified atom stereocenters. The fraction of sp³-hybridized carbons (Fsp3) is 0.579. The van der Waals surface area contributed by atoms with E-state index in [0.29, 0.717) is 19.5 Å². The minimum atomic E-state index is -3.55. The molecule has 1 aromatic rings. The lowest BCUT2D eigenvalue weighted by Gasteiger charge is -2.22. The maximum Gasteiger partial charge on any atom is 0.254 e. The summed E-state index contributed by atoms with van der Waals surface area (Å²) in [6.45, 7) is 2.83. The fourth-order valence-corrected chi connectivity index (χ4v) is 6.90. The largest absolute Gasteiger partial charge is 0.351 e. The van der Waals surface area contributed by atoms with E-state index < -0.39 is 37.7 Å². The first-order chi connectivity index (χ1) is 14.1. The van der Waals surface area contributed by atoms with Crippen molar-refractivity contribution >= 4 is 31.7 Å². The van der Waals surface area contributed by atoms with E-state index in [0.717, 1.165) is 12.8 Å². The number of sulfone groups is 1. The van der Waals surface area contributed by atoms with Gasteiger partial charge in [-0.25, -0.2) is 16.8 Å². The normalized spacial score (nSPS) is 21.4. The zero-order valence-electron chi connectivity index (χ0n) is 16.9. The number of sulfonamides is 1. The Morgan fingerprint density at radius 3 is 2.33 bits per heavy atom. The van der Waals surface area contributed by atoms with Crippen molar-refractivity contribution in [1.82, 2.24) is 14.5 Å². The van der Waals surface area contributed by atoms with E-state index in [1.165, 1.54) is 33.5 Å². The molecule has 11 heteroatoms. The van der Waals surface area contributed by atoms with Crippen molar-refractivity contribution in [2.45, 2.75) is 37.1 Å². The monoisotopic (exact) mass is 457 g/mol. The molecule has 0 radical (unpaired) electrons. The molecule has 3 rings (SSSR count). The van der Waals surface area contributed by atoms with Crippen molar-refractivity contribution in [3.8, 4) is 0 Å². The summed E-state index contributed by atoms with van der Waals surface area (Å²) in [7, 11) is -6.66. The Morgan fingerprint density at radius 1 is 1.17 bits per heavy atom. The molecule has 2 heterocycles. The molecular formula is C19H27N3O6S2. The van der Waals surface area contributed by atoms with Gasteiger partial charge in [0.2, 0.25) is 15.9 Å². The van der Waals surface area contributed by atoms with Crippen LogP contribution in [0, 0.1) is 0 Å². The zero-order valence-corrected chi connectivity index (χ0v) is 18.5. The highest BCUT2D eigenvalue weighted by atomic mass is 32.2. The second-order valence-corrected chi connectivity index (χ2v) is 11.8. The smallest absolute Gasteiger partial charge is 0.254 e. The lowest BCUT2D eigenvalue weighted by molar-refractivity contribution is -0.122. The van der Waals surface area contributed by atoms with Gasteiger partial charge in [-0.1, -0.05) is 0 Å². The summed E-state index contributed by atoms with van der Waals surface area (Å²) in [6, 6.07) is 5.31. The molecule has 9 nitrogen and oxygen atoms in total. The molecule has 1 N–H and O–H groups in total. The molecule has 2 fully saturated rings. The first-order valence-electron chi connectivity index (χ1n) is 10.0. The molecule has 0 aromatic heterocycles. The first-order valence-corrected chi connectivity index (χ1v) is 13.3. The quantitative estimate of drug-likeness (QED) is 0.626. The molecule has 0 aliphatic carbocycles. The van der Waals surface area contributed by atoms with Crippen LogP contribution in [-0.4, -0.2) is 81.6 Å². The molecule has 2 aliphatic heterocycles. The van der Waals surface area contributed by atoms with Gasteiger partial charge in [0.1, 0.15) is 0 Å². The van der Waals surface area contributed by atoms with Gasteiger partial charge in [-0.2, -0.15) is 4.31 Å². The van der Waals surface area contributed by atoms with E-state index in [4.69, 9.17) is 0 Å². The molecular weight excluding hydrogens is 430 g/mol. The topological polar surface area (TPSA) is 121 Å². The third-order valence-electron chi connectivity index (χ3n) is 5.41. The van der Waals surface area contributed by atoms with Gasteiger partial charge in [0.25, 0.3) is 5.91 Å². The summed E-state index contributed by atoms with van der Waals surface area (Å²) in [5.41, 5.74) is 0.286. The second-order valence-electron chi connectivity index (χ2n) is 7.62. The highest BCUT2D eigenvalue weighted by Crippen LogP contribution is 2.21. The van der Waals surface area contributed by atoms with Gasteiger partial charge in [0.15, 0.2) is 9.84 Å². The second kappa shape index (κ2) is 9.03. The Hall–Kier alpha value is -1.98. The predicted octanol–water partition coefficient (Wildman–Crippen LogP) is 0.237. The van der Waals surface area contributed by atoms with Crippen LogP contribution in [0.1, 0.15) is 36.5 Å². The van der Waals surface area contributed by atoms with Crippen molar-refractivity contribution in [2.24, 2.45) is 0 Å². The zero-order chi connectivity index (χ0) is 21.9. The van der Waals surface area contributed by atoms with E-state index in [1.54, 1.807) is 6.92 Å². The molecule has 30 heavy (non-hydrogen) atoms. The molecule has 2 saturated heterocycles. The Balaban J connectivity index is 1.63. The van der Waals surface area contributed by atoms with Gasteiger partial charge in [0.05, 0.1) is 22.9 Å². The average molecular weight is 458 g/mol. The summed E-state index contributed by atoms with van der Waals surface area (Å²) in [6.07, 6.45) is 2.06. The number of benzene rings is 1. The van der Waals surface area contributed by atoms with Gasteiger partial charge in [-0.05, 0) is 50.5 Å². The van der Waals surface area contributed by atoms with Crippen molar-refractivity contribution < 1.29 is 26.4 Å². The third-order valence-corrected chi connectivity index (χ3v) is 9.09. The molecule has 0 bridgehead atoms. The fourth-order valence-electron chi connectivity index (χ4n) is 3.71. The van der Waals surface area contributed by atoms with Crippen molar-refractivity contribution in [3.63, 3.8) is 0 Å². The van der Waals surface area contributed by atoms with E-state index in [2.05, 4.69) is 5.32 Å². The van der Waals surface area contributed by atoms with Crippen LogP contribution in [0.2, 0.25) is 0 Å². The van der Waals surface area contributed by atoms with Gasteiger partial charge in [-0.15, -0.1) is 0 Å². The Morgan fingerprint density at radius 2 is 1.80 bits per heavy atom. The van der Waals surface area contributed by atoms with E-state index in [1.807, 2.05) is 0 Å². The van der Waals surface area contributed by atoms with Crippen LogP contribution < -0.4 is 5.32 Å². The third kappa shape index (κ3) is 5.19. The molecule has 0 saturated carbocycles. The van der Waals surface area contributed by atoms with Crippen LogP contribution in [-0.2, 0) is 24.7 Å². The van der Waals surface area contributed by atoms with Crippen LogP contribution in [0.15, 0.2) is 29.2 Å². The number of carbonyl (C=O) groups excluding carboxylic acids is 2. The number of hydrogen-bond donors (Lipinski definition) is 1. The summed E-state index contributed by atoms with van der Waals surface area (Å²) >= 11 is 0. The van der Waals surface area contributed by atoms with Crippen molar-refractivity contribution in [3.05, 3.63) is 29.8 Å². The maximum atomic E-state index is 12.8. The summed E-state index contributed by atoms with van der Waals surface area (Å²) in [4.78, 5) is 26.5. The molecule has 0 spiro atoms. The summed E-state index contributed by atoms with van der Waals surface area (Å²) in [5, 5.41) is 2.67. The predicted molar refractivity (Wildman–Crippen MR) is 111 cm³/mol. The lowest BCUT2D eigenvalue weighted by Crippen LogP contribution is -2.44. The molecule has 2 aliphatic rings. The number of amides is 2. The summed E-state index contributed by atoms with van der Waals surface area (Å²) in [5.74, 6) is -0.829. The first kappa shape index (κ1) is 22.7. The van der Waals surface area contributed by atoms with E-state index in [-0.39, 0.29) is 35.1 Å². The van der Waals surface area contributed by atoms with E-state index >= 15 is 0 Å². The SMILES string of the molecule is CCN(CC(=O)NC1CCS(=O)(=O)C1)C(=O)c1ccc(S(=O)(=O)N2CCCC2)cc1. The van der Waals surface area contributed by atoms with Crippen LogP contribution in [0.25, 0.3) is 0 Å². The number of nitrogens with one attached hydrogen (secondary N) is 1. The Kier molecular flexibility index (Phi) is 6.83. The lowest BCUT2D eigenvalue weighted by atomic mass is 10.2. The van der Waals surface area contributed by atoms with Crippen molar-refractivity contribution in [2.75, 3.05) is 37.7 Å². The molecule has 1 atom stereocenters. The highest BCUT2D eigenvalue weighted by Gasteiger charge is 2.30. The van der Waals surface area contributed by atoms with Crippen molar-refractivity contribution in [1.29, 1.82) is 0 Å². The minimum absolute atomic E-state index is 0.0566. The number of likely N-dealkylation sites (N-methyl/N-ethyl adjacent to an activating group) is 1. The average Bonchev–Trinajstić information content (AvgIpc) is 3.36. The van der Waals surface area contributed by atoms with Gasteiger partial charge < -0.3 is 10.2 Å². The molecule has 1 aromatic carbocycles. The standard InChI is InChI=1S/C19H27N3O6S2/c1-2-21(13-18(23)20-16-9-12-29(25,26)14-16)19(24)15-5-7-17(8-6-15)30(27,28)22-10-3-4-11-22/h5-8,16H,2-4,9-14H2,1H3,(H,20,23). The van der Waals surface area contributed by atoms with Crippen LogP contribution in [0.3, 0.4) is 0 Å². The maximum absolute atomic E-state index is 12.8. The van der Waals surface area contributed by atoms with Gasteiger partial charge in [0, 0.05) is 31.2 Å². The Labute approximate surface area is 177 Å². The van der Waals surface area contributed by atoms with Gasteiger partial charge >= 0.3 is 0 Å². The van der Waals surface area contributed by atoms with Crippen LogP contribution >= 0.6 is 0 Å². The molecule has 166 valence electrons. The van der Waals surface area contributed by atoms with Crippen LogP contribution in [0.4, 0.5) is 0 Å². The minimum Gasteiger partial charge on any atom is -0.351 e. The highest BCUT2D eigenvalue weighted by molar-refractivity contribution is 7.91. The van der Waals surface area contributed by atoms with Crippen LogP contribution in [0.5, 0.6) is 0 Å². The van der Waals surface area contributed by atoms with Gasteiger partial charge in [-0.3, -0.25) is 9.59 Å². The summed E-state index contributed by atoms with van der Waals surface area (Å²) < 4.78 is 49.7. The van der Waals surface area contributed by atoms with E-state index in [9.17, 15) is 26.4 Å². The number of rotatable bonds is 7. The molecule has 2 amide bonds. The number of nitrogens with zero attached hydrogens (tertiary/aromatic N) is 2.